The van der Waals surface area contributed by atoms with Gasteiger partial charge in [0.15, 0.2) is 0 Å². The molecule has 0 amide bonds. The molecule has 4 nitrogen and oxygen atoms in total. The first-order chi connectivity index (χ1) is 16.6. The highest BCUT2D eigenvalue weighted by atomic mass is 16.4. The van der Waals surface area contributed by atoms with E-state index in [0.29, 0.717) is 0 Å². The second-order valence-corrected chi connectivity index (χ2v) is 11.0. The van der Waals surface area contributed by atoms with Gasteiger partial charge in [0, 0.05) is 25.7 Å². The van der Waals surface area contributed by atoms with Gasteiger partial charge in [-0.15, -0.1) is 0 Å². The summed E-state index contributed by atoms with van der Waals surface area (Å²) in [6.45, 7) is 12.7. The number of benzene rings is 3. The molecule has 1 unspecified atom stereocenters. The highest BCUT2D eigenvalue weighted by Gasteiger charge is 2.41. The summed E-state index contributed by atoms with van der Waals surface area (Å²) in [6.07, 6.45) is 0. The van der Waals surface area contributed by atoms with E-state index < -0.39 is 12.0 Å². The van der Waals surface area contributed by atoms with Gasteiger partial charge >= 0.3 is 5.97 Å². The van der Waals surface area contributed by atoms with Gasteiger partial charge < -0.3 is 5.11 Å². The molecule has 3 aromatic carbocycles. The van der Waals surface area contributed by atoms with E-state index in [-0.39, 0.29) is 17.5 Å². The van der Waals surface area contributed by atoms with Crippen LogP contribution in [-0.4, -0.2) is 52.6 Å². The normalized spacial score (nSPS) is 19.3. The lowest BCUT2D eigenvalue weighted by Crippen LogP contribution is -2.61. The monoisotopic (exact) mass is 470 g/mol. The third-order valence-electron chi connectivity index (χ3n) is 7.15. The highest BCUT2D eigenvalue weighted by Crippen LogP contribution is 2.34. The number of carboxylic acids is 1. The molecular formula is C31H38N2O2. The van der Waals surface area contributed by atoms with Gasteiger partial charge in [-0.2, -0.15) is 0 Å². The molecule has 184 valence electrons. The van der Waals surface area contributed by atoms with E-state index in [2.05, 4.69) is 103 Å². The standard InChI is InChI=1S/C31H38N2O2/c1-22-10-9-13-27(20-22)24-14-16-26(17-15-24)28(25-11-7-6-8-12-25)32-18-19-33(23(2)21-32)29(30(34)35)31(3,4)5/h6-17,20,23,28-29H,18-19,21H2,1-5H3,(H,34,35)/t23-,28-,29?/m1/s1. The van der Waals surface area contributed by atoms with Crippen molar-refractivity contribution in [2.75, 3.05) is 19.6 Å². The average molecular weight is 471 g/mol. The predicted molar refractivity (Wildman–Crippen MR) is 144 cm³/mol. The van der Waals surface area contributed by atoms with Gasteiger partial charge in [-0.05, 0) is 41.5 Å². The molecule has 1 fully saturated rings. The van der Waals surface area contributed by atoms with Crippen LogP contribution in [0.1, 0.15) is 50.4 Å². The molecule has 0 saturated carbocycles. The lowest BCUT2D eigenvalue weighted by Gasteiger charge is -2.48. The molecule has 4 rings (SSSR count). The van der Waals surface area contributed by atoms with Crippen LogP contribution in [-0.2, 0) is 4.79 Å². The van der Waals surface area contributed by atoms with Crippen molar-refractivity contribution in [2.45, 2.75) is 52.7 Å². The molecule has 0 bridgehead atoms. The van der Waals surface area contributed by atoms with E-state index in [1.165, 1.54) is 27.8 Å². The molecule has 35 heavy (non-hydrogen) atoms. The number of carbonyl (C=O) groups is 1. The smallest absolute Gasteiger partial charge is 0.321 e. The summed E-state index contributed by atoms with van der Waals surface area (Å²) in [5.41, 5.74) is 5.91. The fourth-order valence-electron chi connectivity index (χ4n) is 5.56. The number of hydrogen-bond acceptors (Lipinski definition) is 3. The molecule has 1 heterocycles. The largest absolute Gasteiger partial charge is 0.480 e. The van der Waals surface area contributed by atoms with Crippen LogP contribution >= 0.6 is 0 Å². The van der Waals surface area contributed by atoms with E-state index in [0.717, 1.165) is 19.6 Å². The Kier molecular flexibility index (Phi) is 7.44. The fraction of sp³-hybridized carbons (Fsp3) is 0.387. The van der Waals surface area contributed by atoms with E-state index >= 15 is 0 Å². The van der Waals surface area contributed by atoms with E-state index in [1.54, 1.807) is 0 Å². The lowest BCUT2D eigenvalue weighted by molar-refractivity contribution is -0.150. The van der Waals surface area contributed by atoms with Crippen LogP contribution in [0, 0.1) is 12.3 Å². The van der Waals surface area contributed by atoms with Gasteiger partial charge in [0.1, 0.15) is 6.04 Å². The zero-order valence-corrected chi connectivity index (χ0v) is 21.6. The number of piperazine rings is 1. The number of rotatable bonds is 6. The number of carboxylic acid groups (broad SMARTS) is 1. The molecule has 4 heteroatoms. The van der Waals surface area contributed by atoms with E-state index in [9.17, 15) is 9.90 Å². The molecule has 0 aromatic heterocycles. The summed E-state index contributed by atoms with van der Waals surface area (Å²) < 4.78 is 0. The molecule has 1 saturated heterocycles. The first-order valence-electron chi connectivity index (χ1n) is 12.6. The molecule has 1 aliphatic rings. The van der Waals surface area contributed by atoms with Crippen LogP contribution in [0.4, 0.5) is 0 Å². The van der Waals surface area contributed by atoms with Gasteiger partial charge in [-0.1, -0.05) is 105 Å². The van der Waals surface area contributed by atoms with Crippen molar-refractivity contribution in [3.05, 3.63) is 95.6 Å². The molecule has 0 radical (unpaired) electrons. The van der Waals surface area contributed by atoms with E-state index in [4.69, 9.17) is 0 Å². The quantitative estimate of drug-likeness (QED) is 0.462. The molecule has 3 aromatic rings. The first-order valence-corrected chi connectivity index (χ1v) is 12.6. The van der Waals surface area contributed by atoms with Crippen molar-refractivity contribution >= 4 is 5.97 Å². The molecule has 3 atom stereocenters. The van der Waals surface area contributed by atoms with Crippen molar-refractivity contribution in [3.63, 3.8) is 0 Å². The molecule has 1 aliphatic heterocycles. The number of hydrogen-bond donors (Lipinski definition) is 1. The van der Waals surface area contributed by atoms with Crippen LogP contribution < -0.4 is 0 Å². The van der Waals surface area contributed by atoms with Gasteiger partial charge in [-0.25, -0.2) is 0 Å². The third-order valence-corrected chi connectivity index (χ3v) is 7.15. The maximum atomic E-state index is 12.2. The Morgan fingerprint density at radius 2 is 1.54 bits per heavy atom. The Bertz CT molecular complexity index is 1130. The Labute approximate surface area is 210 Å². The summed E-state index contributed by atoms with van der Waals surface area (Å²) in [4.78, 5) is 16.9. The Morgan fingerprint density at radius 3 is 2.11 bits per heavy atom. The van der Waals surface area contributed by atoms with Crippen molar-refractivity contribution in [3.8, 4) is 11.1 Å². The zero-order valence-electron chi connectivity index (χ0n) is 21.6. The van der Waals surface area contributed by atoms with Crippen LogP contribution in [0.3, 0.4) is 0 Å². The van der Waals surface area contributed by atoms with Crippen molar-refractivity contribution in [2.24, 2.45) is 5.41 Å². The fourth-order valence-corrected chi connectivity index (χ4v) is 5.56. The number of aryl methyl sites for hydroxylation is 1. The van der Waals surface area contributed by atoms with Crippen molar-refractivity contribution in [1.82, 2.24) is 9.80 Å². The summed E-state index contributed by atoms with van der Waals surface area (Å²) in [7, 11) is 0. The van der Waals surface area contributed by atoms with Gasteiger partial charge in [-0.3, -0.25) is 14.6 Å². The van der Waals surface area contributed by atoms with Crippen LogP contribution in [0.25, 0.3) is 11.1 Å². The minimum Gasteiger partial charge on any atom is -0.480 e. The van der Waals surface area contributed by atoms with Crippen molar-refractivity contribution < 1.29 is 9.90 Å². The Morgan fingerprint density at radius 1 is 0.886 bits per heavy atom. The molecule has 0 spiro atoms. The molecule has 1 N–H and O–H groups in total. The minimum absolute atomic E-state index is 0.130. The summed E-state index contributed by atoms with van der Waals surface area (Å²) in [5, 5.41) is 9.99. The van der Waals surface area contributed by atoms with E-state index in [1.807, 2.05) is 20.8 Å². The Hall–Kier alpha value is -2.95. The zero-order chi connectivity index (χ0) is 25.2. The van der Waals surface area contributed by atoms with Crippen LogP contribution in [0.2, 0.25) is 0 Å². The number of aliphatic carboxylic acids is 1. The van der Waals surface area contributed by atoms with Crippen LogP contribution in [0.15, 0.2) is 78.9 Å². The van der Waals surface area contributed by atoms with Crippen LogP contribution in [0.5, 0.6) is 0 Å². The summed E-state index contributed by atoms with van der Waals surface area (Å²) in [6, 6.07) is 28.0. The van der Waals surface area contributed by atoms with Gasteiger partial charge in [0.05, 0.1) is 6.04 Å². The third kappa shape index (κ3) is 5.66. The Balaban J connectivity index is 1.62. The predicted octanol–water partition coefficient (Wildman–Crippen LogP) is 6.26. The molecule has 0 aliphatic carbocycles. The summed E-state index contributed by atoms with van der Waals surface area (Å²) >= 11 is 0. The SMILES string of the molecule is Cc1cccc(-c2ccc([C@@H](c3ccccc3)N3CCN(C(C(=O)O)C(C)(C)C)[C@H](C)C3)cc2)c1. The molecular weight excluding hydrogens is 432 g/mol. The van der Waals surface area contributed by atoms with Gasteiger partial charge in [0.25, 0.3) is 0 Å². The van der Waals surface area contributed by atoms with Crippen molar-refractivity contribution in [1.29, 1.82) is 0 Å². The minimum atomic E-state index is -0.732. The van der Waals surface area contributed by atoms with Gasteiger partial charge in [0.2, 0.25) is 0 Å². The second-order valence-electron chi connectivity index (χ2n) is 11.0. The highest BCUT2D eigenvalue weighted by molar-refractivity contribution is 5.74. The average Bonchev–Trinajstić information content (AvgIpc) is 2.81. The maximum Gasteiger partial charge on any atom is 0.321 e. The number of nitrogens with zero attached hydrogens (tertiary/aromatic N) is 2. The first kappa shape index (κ1) is 25.2. The second kappa shape index (κ2) is 10.3. The topological polar surface area (TPSA) is 43.8 Å². The maximum absolute atomic E-state index is 12.2. The summed E-state index contributed by atoms with van der Waals surface area (Å²) in [5.74, 6) is -0.732. The lowest BCUT2D eigenvalue weighted by atomic mass is 9.84.